The number of rotatable bonds is 1. The van der Waals surface area contributed by atoms with Crippen molar-refractivity contribution in [2.45, 2.75) is 38.7 Å². The van der Waals surface area contributed by atoms with Crippen LogP contribution in [0.25, 0.3) is 10.9 Å². The standard InChI is InChI=1S/C16H20N4O3/c1-16(2,3)23-15(22)20-7-5-10(9-20)13-18-12-4-6-17-8-11(12)14(21)19-13/h4,6,8,10H,5,7,9H2,1-3H3,(H,18,19,21). The van der Waals surface area contributed by atoms with Crippen molar-refractivity contribution in [2.24, 2.45) is 0 Å². The summed E-state index contributed by atoms with van der Waals surface area (Å²) in [6.45, 7) is 6.62. The highest BCUT2D eigenvalue weighted by Gasteiger charge is 2.31. The van der Waals surface area contributed by atoms with Gasteiger partial charge in [-0.15, -0.1) is 0 Å². The number of nitrogens with one attached hydrogen (secondary N) is 1. The third-order valence-electron chi connectivity index (χ3n) is 3.75. The second-order valence-corrected chi connectivity index (χ2v) is 6.76. The Morgan fingerprint density at radius 2 is 2.22 bits per heavy atom. The molecule has 122 valence electrons. The zero-order valence-corrected chi connectivity index (χ0v) is 13.5. The van der Waals surface area contributed by atoms with Crippen molar-refractivity contribution < 1.29 is 9.53 Å². The Morgan fingerprint density at radius 3 is 2.96 bits per heavy atom. The molecule has 23 heavy (non-hydrogen) atoms. The van der Waals surface area contributed by atoms with E-state index < -0.39 is 5.60 Å². The molecule has 1 fully saturated rings. The maximum atomic E-state index is 12.1. The molecule has 3 heterocycles. The molecule has 1 saturated heterocycles. The van der Waals surface area contributed by atoms with Gasteiger partial charge in [-0.05, 0) is 33.3 Å². The highest BCUT2D eigenvalue weighted by atomic mass is 16.6. The molecule has 1 amide bonds. The first kappa shape index (κ1) is 15.5. The molecule has 1 aliphatic rings. The third-order valence-corrected chi connectivity index (χ3v) is 3.75. The molecule has 3 rings (SSSR count). The number of fused-ring (bicyclic) bond motifs is 1. The average Bonchev–Trinajstić information content (AvgIpc) is 2.95. The molecule has 1 atom stereocenters. The van der Waals surface area contributed by atoms with Crippen LogP contribution in [0, 0.1) is 0 Å². The quantitative estimate of drug-likeness (QED) is 0.870. The Labute approximate surface area is 133 Å². The van der Waals surface area contributed by atoms with Crippen LogP contribution in [0.1, 0.15) is 38.9 Å². The minimum Gasteiger partial charge on any atom is -0.444 e. The topological polar surface area (TPSA) is 88.2 Å². The fraction of sp³-hybridized carbons (Fsp3) is 0.500. The van der Waals surface area contributed by atoms with Gasteiger partial charge in [-0.25, -0.2) is 9.78 Å². The summed E-state index contributed by atoms with van der Waals surface area (Å²) in [6, 6.07) is 1.72. The van der Waals surface area contributed by atoms with Crippen LogP contribution in [0.2, 0.25) is 0 Å². The summed E-state index contributed by atoms with van der Waals surface area (Å²) >= 11 is 0. The van der Waals surface area contributed by atoms with Crippen molar-refractivity contribution in [3.8, 4) is 0 Å². The van der Waals surface area contributed by atoms with E-state index in [-0.39, 0.29) is 17.6 Å². The number of hydrogen-bond donors (Lipinski definition) is 1. The maximum absolute atomic E-state index is 12.1. The molecule has 1 unspecified atom stereocenters. The second-order valence-electron chi connectivity index (χ2n) is 6.76. The summed E-state index contributed by atoms with van der Waals surface area (Å²) < 4.78 is 5.39. The summed E-state index contributed by atoms with van der Waals surface area (Å²) in [5, 5.41) is 0.471. The summed E-state index contributed by atoms with van der Waals surface area (Å²) in [5.41, 5.74) is -0.0965. The Kier molecular flexibility index (Phi) is 3.79. The van der Waals surface area contributed by atoms with Gasteiger partial charge in [0, 0.05) is 31.4 Å². The van der Waals surface area contributed by atoms with E-state index in [9.17, 15) is 9.59 Å². The average molecular weight is 316 g/mol. The monoisotopic (exact) mass is 316 g/mol. The number of pyridine rings is 1. The predicted octanol–water partition coefficient (Wildman–Crippen LogP) is 2.04. The predicted molar refractivity (Wildman–Crippen MR) is 85.3 cm³/mol. The maximum Gasteiger partial charge on any atom is 0.410 e. The molecule has 0 spiro atoms. The summed E-state index contributed by atoms with van der Waals surface area (Å²) in [4.78, 5) is 37.2. The van der Waals surface area contributed by atoms with Crippen LogP contribution in [0.15, 0.2) is 23.3 Å². The molecular formula is C16H20N4O3. The number of ether oxygens (including phenoxy) is 1. The zero-order chi connectivity index (χ0) is 16.6. The molecule has 0 saturated carbocycles. The minimum atomic E-state index is -0.516. The van der Waals surface area contributed by atoms with Gasteiger partial charge in [0.2, 0.25) is 0 Å². The van der Waals surface area contributed by atoms with Crippen molar-refractivity contribution in [1.29, 1.82) is 0 Å². The minimum absolute atomic E-state index is 0.00721. The molecular weight excluding hydrogens is 296 g/mol. The van der Waals surface area contributed by atoms with Crippen LogP contribution < -0.4 is 5.56 Å². The van der Waals surface area contributed by atoms with Crippen LogP contribution in [0.4, 0.5) is 4.79 Å². The van der Waals surface area contributed by atoms with Crippen LogP contribution in [-0.4, -0.2) is 44.6 Å². The van der Waals surface area contributed by atoms with Crippen LogP contribution >= 0.6 is 0 Å². The van der Waals surface area contributed by atoms with Gasteiger partial charge in [-0.3, -0.25) is 9.78 Å². The largest absolute Gasteiger partial charge is 0.444 e. The smallest absolute Gasteiger partial charge is 0.410 e. The fourth-order valence-electron chi connectivity index (χ4n) is 2.67. The van der Waals surface area contributed by atoms with Gasteiger partial charge in [0.25, 0.3) is 5.56 Å². The number of aromatic nitrogens is 3. The van der Waals surface area contributed by atoms with Crippen LogP contribution in [0.5, 0.6) is 0 Å². The highest BCUT2D eigenvalue weighted by molar-refractivity contribution is 5.76. The molecule has 1 N–H and O–H groups in total. The van der Waals surface area contributed by atoms with E-state index in [0.717, 1.165) is 6.42 Å². The van der Waals surface area contributed by atoms with E-state index in [1.807, 2.05) is 20.8 Å². The number of likely N-dealkylation sites (tertiary alicyclic amines) is 1. The number of nitrogens with zero attached hydrogens (tertiary/aromatic N) is 3. The Bertz CT molecular complexity index is 794. The van der Waals surface area contributed by atoms with Gasteiger partial charge in [-0.2, -0.15) is 0 Å². The number of aromatic amines is 1. The lowest BCUT2D eigenvalue weighted by Gasteiger charge is -2.24. The highest BCUT2D eigenvalue weighted by Crippen LogP contribution is 2.26. The molecule has 2 aromatic rings. The summed E-state index contributed by atoms with van der Waals surface area (Å²) in [7, 11) is 0. The van der Waals surface area contributed by atoms with E-state index >= 15 is 0 Å². The number of amides is 1. The fourth-order valence-corrected chi connectivity index (χ4v) is 2.67. The first-order valence-corrected chi connectivity index (χ1v) is 7.65. The molecule has 0 aliphatic carbocycles. The molecule has 7 nitrogen and oxygen atoms in total. The van der Waals surface area contributed by atoms with Gasteiger partial charge in [0.05, 0.1) is 10.9 Å². The van der Waals surface area contributed by atoms with E-state index in [2.05, 4.69) is 15.0 Å². The molecule has 0 aromatic carbocycles. The van der Waals surface area contributed by atoms with Gasteiger partial charge in [-0.1, -0.05) is 0 Å². The van der Waals surface area contributed by atoms with Crippen molar-refractivity contribution >= 4 is 17.0 Å². The first-order chi connectivity index (χ1) is 10.8. The zero-order valence-electron chi connectivity index (χ0n) is 13.5. The summed E-state index contributed by atoms with van der Waals surface area (Å²) in [5.74, 6) is 0.618. The lowest BCUT2D eigenvalue weighted by molar-refractivity contribution is 0.0292. The van der Waals surface area contributed by atoms with Gasteiger partial charge < -0.3 is 14.6 Å². The van der Waals surface area contributed by atoms with Crippen LogP contribution in [-0.2, 0) is 4.74 Å². The van der Waals surface area contributed by atoms with Gasteiger partial charge >= 0.3 is 6.09 Å². The first-order valence-electron chi connectivity index (χ1n) is 7.65. The lowest BCUT2D eigenvalue weighted by atomic mass is 10.1. The second kappa shape index (κ2) is 5.64. The SMILES string of the molecule is CC(C)(C)OC(=O)N1CCC(c2nc3ccncc3c(=O)[nH]2)C1. The Morgan fingerprint density at radius 1 is 1.43 bits per heavy atom. The van der Waals surface area contributed by atoms with Gasteiger partial charge in [0.15, 0.2) is 0 Å². The molecule has 7 heteroatoms. The van der Waals surface area contributed by atoms with Crippen LogP contribution in [0.3, 0.4) is 0 Å². The van der Waals surface area contributed by atoms with E-state index in [0.29, 0.717) is 29.8 Å². The number of carbonyl (C=O) groups excluding carboxylic acids is 1. The van der Waals surface area contributed by atoms with E-state index in [1.165, 1.54) is 6.20 Å². The molecule has 1 aliphatic heterocycles. The van der Waals surface area contributed by atoms with E-state index in [1.54, 1.807) is 17.2 Å². The van der Waals surface area contributed by atoms with Crippen molar-refractivity contribution in [2.75, 3.05) is 13.1 Å². The van der Waals surface area contributed by atoms with Crippen molar-refractivity contribution in [3.05, 3.63) is 34.6 Å². The Hall–Kier alpha value is -2.44. The van der Waals surface area contributed by atoms with E-state index in [4.69, 9.17) is 4.74 Å². The number of carbonyl (C=O) groups is 1. The van der Waals surface area contributed by atoms with Crippen molar-refractivity contribution in [1.82, 2.24) is 19.9 Å². The normalized spacial score (nSPS) is 18.4. The Balaban J connectivity index is 1.79. The molecule has 0 bridgehead atoms. The molecule has 0 radical (unpaired) electrons. The summed E-state index contributed by atoms with van der Waals surface area (Å²) in [6.07, 6.45) is 3.54. The molecule has 2 aromatic heterocycles. The van der Waals surface area contributed by atoms with Crippen molar-refractivity contribution in [3.63, 3.8) is 0 Å². The number of hydrogen-bond acceptors (Lipinski definition) is 5. The third kappa shape index (κ3) is 3.33. The lowest BCUT2D eigenvalue weighted by Crippen LogP contribution is -2.35. The van der Waals surface area contributed by atoms with Gasteiger partial charge in [0.1, 0.15) is 11.4 Å². The number of H-pyrrole nitrogens is 1.